The van der Waals surface area contributed by atoms with E-state index in [0.717, 1.165) is 37.8 Å². The van der Waals surface area contributed by atoms with E-state index in [1.54, 1.807) is 11.9 Å². The summed E-state index contributed by atoms with van der Waals surface area (Å²) >= 11 is 0. The third-order valence-electron chi connectivity index (χ3n) is 3.60. The Morgan fingerprint density at radius 1 is 1.22 bits per heavy atom. The lowest BCUT2D eigenvalue weighted by Crippen LogP contribution is -2.38. The van der Waals surface area contributed by atoms with E-state index >= 15 is 0 Å². The van der Waals surface area contributed by atoms with Crippen LogP contribution in [0, 0.1) is 11.6 Å². The summed E-state index contributed by atoms with van der Waals surface area (Å²) < 4.78 is 26.3. The first kappa shape index (κ1) is 13.0. The molecule has 0 aromatic heterocycles. The Morgan fingerprint density at radius 2 is 1.89 bits per heavy atom. The first-order valence-corrected chi connectivity index (χ1v) is 6.32. The van der Waals surface area contributed by atoms with Gasteiger partial charge in [0.05, 0.1) is 5.56 Å². The highest BCUT2D eigenvalue weighted by molar-refractivity contribution is 5.94. The van der Waals surface area contributed by atoms with Crippen molar-refractivity contribution in [2.45, 2.75) is 38.1 Å². The van der Waals surface area contributed by atoms with Gasteiger partial charge in [-0.15, -0.1) is 0 Å². The molecule has 0 spiro atoms. The van der Waals surface area contributed by atoms with Gasteiger partial charge < -0.3 is 4.90 Å². The predicted molar refractivity (Wildman–Crippen MR) is 65.3 cm³/mol. The predicted octanol–water partition coefficient (Wildman–Crippen LogP) is 3.37. The van der Waals surface area contributed by atoms with E-state index in [1.165, 1.54) is 12.5 Å². The van der Waals surface area contributed by atoms with Crippen molar-refractivity contribution in [1.82, 2.24) is 4.90 Å². The minimum Gasteiger partial charge on any atom is -0.339 e. The Kier molecular flexibility index (Phi) is 3.94. The molecule has 2 nitrogen and oxygen atoms in total. The van der Waals surface area contributed by atoms with Crippen molar-refractivity contribution in [2.75, 3.05) is 7.05 Å². The zero-order valence-electron chi connectivity index (χ0n) is 10.5. The van der Waals surface area contributed by atoms with Gasteiger partial charge in [-0.25, -0.2) is 8.78 Å². The summed E-state index contributed by atoms with van der Waals surface area (Å²) in [6.45, 7) is 0. The summed E-state index contributed by atoms with van der Waals surface area (Å²) in [5.74, 6) is -1.81. The maximum atomic E-state index is 13.5. The van der Waals surface area contributed by atoms with Crippen LogP contribution in [0.5, 0.6) is 0 Å². The van der Waals surface area contributed by atoms with Crippen LogP contribution in [0.3, 0.4) is 0 Å². The van der Waals surface area contributed by atoms with Crippen molar-refractivity contribution in [3.8, 4) is 0 Å². The van der Waals surface area contributed by atoms with Crippen molar-refractivity contribution in [2.24, 2.45) is 0 Å². The van der Waals surface area contributed by atoms with E-state index in [0.29, 0.717) is 0 Å². The smallest absolute Gasteiger partial charge is 0.256 e. The number of benzene rings is 1. The molecule has 98 valence electrons. The largest absolute Gasteiger partial charge is 0.339 e. The number of hydrogen-bond donors (Lipinski definition) is 0. The molecule has 0 atom stereocenters. The fraction of sp³-hybridized carbons (Fsp3) is 0.500. The summed E-state index contributed by atoms with van der Waals surface area (Å²) in [7, 11) is 1.70. The molecule has 4 heteroatoms. The lowest BCUT2D eigenvalue weighted by Gasteiger charge is -2.31. The van der Waals surface area contributed by atoms with E-state index in [-0.39, 0.29) is 17.5 Å². The molecular formula is C14H17F2NO. The molecule has 2 rings (SSSR count). The molecule has 0 heterocycles. The standard InChI is InChI=1S/C14H17F2NO/c1-17(11-5-3-2-4-6-11)14(18)12-8-7-10(15)9-13(12)16/h7-9,11H,2-6H2,1H3. The number of nitrogens with zero attached hydrogens (tertiary/aromatic N) is 1. The second kappa shape index (κ2) is 5.46. The second-order valence-corrected chi connectivity index (χ2v) is 4.83. The molecular weight excluding hydrogens is 236 g/mol. The Bertz CT molecular complexity index is 441. The Balaban J connectivity index is 2.14. The summed E-state index contributed by atoms with van der Waals surface area (Å²) in [5, 5.41) is 0. The molecule has 0 bridgehead atoms. The lowest BCUT2D eigenvalue weighted by atomic mass is 9.94. The van der Waals surface area contributed by atoms with Gasteiger partial charge in [-0.3, -0.25) is 4.79 Å². The van der Waals surface area contributed by atoms with Gasteiger partial charge in [-0.1, -0.05) is 19.3 Å². The number of amides is 1. The van der Waals surface area contributed by atoms with E-state index in [9.17, 15) is 13.6 Å². The fourth-order valence-electron chi connectivity index (χ4n) is 2.49. The molecule has 0 unspecified atom stereocenters. The molecule has 1 aromatic rings. The van der Waals surface area contributed by atoms with Gasteiger partial charge in [0.2, 0.25) is 0 Å². The van der Waals surface area contributed by atoms with Crippen LogP contribution in [0.4, 0.5) is 8.78 Å². The fourth-order valence-corrected chi connectivity index (χ4v) is 2.49. The lowest BCUT2D eigenvalue weighted by molar-refractivity contribution is 0.0691. The number of hydrogen-bond acceptors (Lipinski definition) is 1. The van der Waals surface area contributed by atoms with Crippen LogP contribution in [0.2, 0.25) is 0 Å². The van der Waals surface area contributed by atoms with Crippen molar-refractivity contribution in [3.05, 3.63) is 35.4 Å². The average molecular weight is 253 g/mol. The molecule has 0 N–H and O–H groups in total. The number of rotatable bonds is 2. The highest BCUT2D eigenvalue weighted by Crippen LogP contribution is 2.23. The minimum absolute atomic E-state index is 0.0514. The van der Waals surface area contributed by atoms with Crippen molar-refractivity contribution in [3.63, 3.8) is 0 Å². The maximum Gasteiger partial charge on any atom is 0.256 e. The molecule has 18 heavy (non-hydrogen) atoms. The van der Waals surface area contributed by atoms with Crippen LogP contribution >= 0.6 is 0 Å². The van der Waals surface area contributed by atoms with E-state index in [2.05, 4.69) is 0 Å². The molecule has 1 saturated carbocycles. The van der Waals surface area contributed by atoms with E-state index in [4.69, 9.17) is 0 Å². The van der Waals surface area contributed by atoms with Crippen molar-refractivity contribution < 1.29 is 13.6 Å². The first-order chi connectivity index (χ1) is 8.59. The molecule has 1 amide bonds. The summed E-state index contributed by atoms with van der Waals surface area (Å²) in [5.41, 5.74) is -0.0514. The van der Waals surface area contributed by atoms with Gasteiger partial charge in [0.15, 0.2) is 0 Å². The third-order valence-corrected chi connectivity index (χ3v) is 3.60. The zero-order valence-corrected chi connectivity index (χ0v) is 10.5. The van der Waals surface area contributed by atoms with Gasteiger partial charge in [0.25, 0.3) is 5.91 Å². The highest BCUT2D eigenvalue weighted by atomic mass is 19.1. The average Bonchev–Trinajstić information content (AvgIpc) is 2.38. The number of carbonyl (C=O) groups is 1. The molecule has 1 aromatic carbocycles. The Morgan fingerprint density at radius 3 is 2.50 bits per heavy atom. The van der Waals surface area contributed by atoms with E-state index in [1.807, 2.05) is 0 Å². The van der Waals surface area contributed by atoms with Crippen LogP contribution in [0.25, 0.3) is 0 Å². The van der Waals surface area contributed by atoms with Gasteiger partial charge in [0, 0.05) is 19.2 Å². The minimum atomic E-state index is -0.789. The maximum absolute atomic E-state index is 13.5. The second-order valence-electron chi connectivity index (χ2n) is 4.83. The number of carbonyl (C=O) groups excluding carboxylic acids is 1. The summed E-state index contributed by atoms with van der Waals surface area (Å²) in [6.07, 6.45) is 5.34. The van der Waals surface area contributed by atoms with Crippen molar-refractivity contribution in [1.29, 1.82) is 0 Å². The van der Waals surface area contributed by atoms with Crippen molar-refractivity contribution >= 4 is 5.91 Å². The summed E-state index contributed by atoms with van der Waals surface area (Å²) in [4.78, 5) is 13.7. The topological polar surface area (TPSA) is 20.3 Å². The SMILES string of the molecule is CN(C(=O)c1ccc(F)cc1F)C1CCCCC1. The molecule has 0 aliphatic heterocycles. The number of halogens is 2. The van der Waals surface area contributed by atoms with Crippen LogP contribution in [-0.4, -0.2) is 23.9 Å². The molecule has 1 aliphatic rings. The summed E-state index contributed by atoms with van der Waals surface area (Å²) in [6, 6.07) is 3.26. The van der Waals surface area contributed by atoms with E-state index < -0.39 is 11.6 Å². The quantitative estimate of drug-likeness (QED) is 0.791. The van der Waals surface area contributed by atoms with Crippen LogP contribution in [0.15, 0.2) is 18.2 Å². The van der Waals surface area contributed by atoms with Crippen LogP contribution in [-0.2, 0) is 0 Å². The molecule has 1 fully saturated rings. The zero-order chi connectivity index (χ0) is 13.1. The first-order valence-electron chi connectivity index (χ1n) is 6.32. The molecule has 0 saturated heterocycles. The van der Waals surface area contributed by atoms with Gasteiger partial charge >= 0.3 is 0 Å². The van der Waals surface area contributed by atoms with Crippen LogP contribution < -0.4 is 0 Å². The van der Waals surface area contributed by atoms with Gasteiger partial charge in [-0.05, 0) is 25.0 Å². The Labute approximate surface area is 106 Å². The third kappa shape index (κ3) is 2.68. The Hall–Kier alpha value is -1.45. The van der Waals surface area contributed by atoms with Crippen LogP contribution in [0.1, 0.15) is 42.5 Å². The highest BCUT2D eigenvalue weighted by Gasteiger charge is 2.24. The monoisotopic (exact) mass is 253 g/mol. The normalized spacial score (nSPS) is 16.6. The van der Waals surface area contributed by atoms with Gasteiger partial charge in [-0.2, -0.15) is 0 Å². The van der Waals surface area contributed by atoms with Gasteiger partial charge in [0.1, 0.15) is 11.6 Å². The molecule has 1 aliphatic carbocycles. The molecule has 0 radical (unpaired) electrons.